The lowest BCUT2D eigenvalue weighted by Gasteiger charge is -2.31. The second-order valence-corrected chi connectivity index (χ2v) is 6.63. The smallest absolute Gasteiger partial charge is 0.410 e. The third kappa shape index (κ3) is 5.92. The number of hydrogen-bond acceptors (Lipinski definition) is 8. The molecule has 0 aliphatic carbocycles. The molecule has 0 bridgehead atoms. The number of rotatable bonds is 7. The zero-order chi connectivity index (χ0) is 20.6. The van der Waals surface area contributed by atoms with Crippen LogP contribution in [0, 0.1) is 0 Å². The molecule has 1 aliphatic heterocycles. The number of carbonyl (C=O) groups excluding carboxylic acids is 1. The molecule has 4 N–H and O–H groups in total. The number of piperazine rings is 1. The van der Waals surface area contributed by atoms with Gasteiger partial charge in [-0.2, -0.15) is 15.0 Å². The fraction of sp³-hybridized carbons (Fsp3) is 0.474. The minimum atomic E-state index is -0.252. The highest BCUT2D eigenvalue weighted by Gasteiger charge is 2.25. The Morgan fingerprint density at radius 2 is 1.86 bits per heavy atom. The highest BCUT2D eigenvalue weighted by molar-refractivity contribution is 5.67. The van der Waals surface area contributed by atoms with Crippen molar-refractivity contribution in [2.45, 2.75) is 20.4 Å². The van der Waals surface area contributed by atoms with E-state index in [0.717, 1.165) is 24.5 Å². The molecule has 1 fully saturated rings. The molecule has 1 aromatic carbocycles. The van der Waals surface area contributed by atoms with E-state index in [9.17, 15) is 4.79 Å². The van der Waals surface area contributed by atoms with Gasteiger partial charge in [-0.15, -0.1) is 0 Å². The van der Waals surface area contributed by atoms with E-state index in [4.69, 9.17) is 15.2 Å². The standard InChI is InChI=1S/C19H27N7O3/c1-3-28-15-7-5-14(6-8-15)21-18-23-16(22-17(20)24-18)13-25-9-11-26(12-10-25)19(27)29-4-2/h5-8H,3-4,9-13H2,1-2H3,(H3,20,21,22,23,24)/p+1. The van der Waals surface area contributed by atoms with Gasteiger partial charge in [0.25, 0.3) is 0 Å². The molecule has 2 heterocycles. The zero-order valence-electron chi connectivity index (χ0n) is 16.9. The van der Waals surface area contributed by atoms with E-state index in [1.807, 2.05) is 38.1 Å². The average molecular weight is 402 g/mol. The summed E-state index contributed by atoms with van der Waals surface area (Å²) >= 11 is 0. The fourth-order valence-electron chi connectivity index (χ4n) is 3.12. The van der Waals surface area contributed by atoms with Crippen LogP contribution in [-0.4, -0.2) is 65.3 Å². The third-order valence-electron chi connectivity index (χ3n) is 4.53. The SMILES string of the molecule is CCOC(=O)N1CC[NH+](Cc2nc(N)nc(Nc3ccc(OCC)cc3)n2)CC1. The quantitative estimate of drug-likeness (QED) is 0.611. The van der Waals surface area contributed by atoms with Crippen LogP contribution in [0.2, 0.25) is 0 Å². The summed E-state index contributed by atoms with van der Waals surface area (Å²) in [5.74, 6) is 2.00. The minimum absolute atomic E-state index is 0.174. The Hall–Kier alpha value is -3.14. The first kappa shape index (κ1) is 20.6. The van der Waals surface area contributed by atoms with Crippen molar-refractivity contribution in [3.63, 3.8) is 0 Å². The molecule has 156 valence electrons. The van der Waals surface area contributed by atoms with Crippen molar-refractivity contribution >= 4 is 23.7 Å². The summed E-state index contributed by atoms with van der Waals surface area (Å²) in [4.78, 5) is 27.7. The van der Waals surface area contributed by atoms with Gasteiger partial charge in [0.1, 0.15) is 12.3 Å². The van der Waals surface area contributed by atoms with Crippen molar-refractivity contribution in [3.8, 4) is 5.75 Å². The van der Waals surface area contributed by atoms with Gasteiger partial charge in [0.2, 0.25) is 11.9 Å². The van der Waals surface area contributed by atoms with E-state index in [1.54, 1.807) is 4.90 Å². The number of hydrogen-bond donors (Lipinski definition) is 3. The van der Waals surface area contributed by atoms with Gasteiger partial charge in [0, 0.05) is 5.69 Å². The molecule has 29 heavy (non-hydrogen) atoms. The largest absolute Gasteiger partial charge is 0.494 e. The van der Waals surface area contributed by atoms with Crippen LogP contribution >= 0.6 is 0 Å². The van der Waals surface area contributed by atoms with E-state index < -0.39 is 0 Å². The summed E-state index contributed by atoms with van der Waals surface area (Å²) in [5.41, 5.74) is 6.71. The van der Waals surface area contributed by atoms with E-state index in [2.05, 4.69) is 20.3 Å². The van der Waals surface area contributed by atoms with Gasteiger partial charge < -0.3 is 25.4 Å². The zero-order valence-corrected chi connectivity index (χ0v) is 16.9. The maximum atomic E-state index is 11.8. The fourth-order valence-corrected chi connectivity index (χ4v) is 3.12. The van der Waals surface area contributed by atoms with Gasteiger partial charge in [0.05, 0.1) is 39.4 Å². The predicted molar refractivity (Wildman–Crippen MR) is 108 cm³/mol. The lowest BCUT2D eigenvalue weighted by atomic mass is 10.3. The lowest BCUT2D eigenvalue weighted by Crippen LogP contribution is -3.13. The maximum Gasteiger partial charge on any atom is 0.410 e. The molecule has 0 radical (unpaired) electrons. The average Bonchev–Trinajstić information content (AvgIpc) is 2.70. The summed E-state index contributed by atoms with van der Waals surface area (Å²) in [5, 5.41) is 3.15. The van der Waals surface area contributed by atoms with Crippen molar-refractivity contribution < 1.29 is 19.2 Å². The number of carbonyl (C=O) groups is 1. The Labute approximate surface area is 170 Å². The molecule has 10 heteroatoms. The topological polar surface area (TPSA) is 120 Å². The molecule has 1 aliphatic rings. The Kier molecular flexibility index (Phi) is 7.01. The molecule has 3 rings (SSSR count). The Morgan fingerprint density at radius 3 is 2.52 bits per heavy atom. The van der Waals surface area contributed by atoms with Crippen LogP contribution in [0.5, 0.6) is 5.75 Å². The summed E-state index contributed by atoms with van der Waals surface area (Å²) in [7, 11) is 0. The van der Waals surface area contributed by atoms with E-state index in [0.29, 0.717) is 44.6 Å². The predicted octanol–water partition coefficient (Wildman–Crippen LogP) is 0.453. The molecule has 0 saturated carbocycles. The number of nitrogen functional groups attached to an aromatic ring is 1. The molecule has 1 aromatic heterocycles. The number of nitrogens with zero attached hydrogens (tertiary/aromatic N) is 4. The van der Waals surface area contributed by atoms with Crippen molar-refractivity contribution in [3.05, 3.63) is 30.1 Å². The number of benzene rings is 1. The summed E-state index contributed by atoms with van der Waals surface area (Å²) < 4.78 is 10.5. The molecular weight excluding hydrogens is 374 g/mol. The van der Waals surface area contributed by atoms with Gasteiger partial charge in [-0.25, -0.2) is 4.79 Å². The van der Waals surface area contributed by atoms with Gasteiger partial charge in [0.15, 0.2) is 5.82 Å². The number of anilines is 3. The normalized spacial score (nSPS) is 14.5. The van der Waals surface area contributed by atoms with Crippen molar-refractivity contribution in [1.82, 2.24) is 19.9 Å². The first-order chi connectivity index (χ1) is 14.1. The van der Waals surface area contributed by atoms with Crippen LogP contribution in [-0.2, 0) is 11.3 Å². The van der Waals surface area contributed by atoms with Crippen LogP contribution < -0.4 is 20.7 Å². The Balaban J connectivity index is 1.58. The maximum absolute atomic E-state index is 11.8. The number of ether oxygens (including phenoxy) is 2. The second kappa shape index (κ2) is 9.87. The number of nitrogens with one attached hydrogen (secondary N) is 2. The van der Waals surface area contributed by atoms with Crippen LogP contribution in [0.15, 0.2) is 24.3 Å². The Bertz CT molecular complexity index is 808. The lowest BCUT2D eigenvalue weighted by molar-refractivity contribution is -0.918. The molecule has 1 amide bonds. The van der Waals surface area contributed by atoms with Crippen LogP contribution in [0.3, 0.4) is 0 Å². The van der Waals surface area contributed by atoms with Gasteiger partial charge >= 0.3 is 6.09 Å². The molecule has 1 saturated heterocycles. The van der Waals surface area contributed by atoms with Crippen LogP contribution in [0.4, 0.5) is 22.4 Å². The third-order valence-corrected chi connectivity index (χ3v) is 4.53. The van der Waals surface area contributed by atoms with Crippen molar-refractivity contribution in [1.29, 1.82) is 0 Å². The molecule has 0 unspecified atom stereocenters. The minimum Gasteiger partial charge on any atom is -0.494 e. The van der Waals surface area contributed by atoms with Gasteiger partial charge in [-0.1, -0.05) is 0 Å². The van der Waals surface area contributed by atoms with Crippen LogP contribution in [0.25, 0.3) is 0 Å². The summed E-state index contributed by atoms with van der Waals surface area (Å²) in [6.45, 7) is 8.26. The number of amides is 1. The number of quaternary nitrogens is 1. The Morgan fingerprint density at radius 1 is 1.14 bits per heavy atom. The van der Waals surface area contributed by atoms with Crippen LogP contribution in [0.1, 0.15) is 19.7 Å². The summed E-state index contributed by atoms with van der Waals surface area (Å²) in [6.07, 6.45) is -0.252. The van der Waals surface area contributed by atoms with Crippen molar-refractivity contribution in [2.75, 3.05) is 50.4 Å². The molecule has 2 aromatic rings. The number of nitrogens with two attached hydrogens (primary N) is 1. The van der Waals surface area contributed by atoms with Gasteiger partial charge in [-0.05, 0) is 38.1 Å². The van der Waals surface area contributed by atoms with Crippen molar-refractivity contribution in [2.24, 2.45) is 0 Å². The second-order valence-electron chi connectivity index (χ2n) is 6.63. The highest BCUT2D eigenvalue weighted by Crippen LogP contribution is 2.18. The first-order valence-corrected chi connectivity index (χ1v) is 9.83. The molecule has 0 atom stereocenters. The van der Waals surface area contributed by atoms with E-state index >= 15 is 0 Å². The highest BCUT2D eigenvalue weighted by atomic mass is 16.6. The van der Waals surface area contributed by atoms with Gasteiger partial charge in [-0.3, -0.25) is 4.90 Å². The molecule has 10 nitrogen and oxygen atoms in total. The van der Waals surface area contributed by atoms with E-state index in [1.165, 1.54) is 4.90 Å². The summed E-state index contributed by atoms with van der Waals surface area (Å²) in [6, 6.07) is 7.55. The monoisotopic (exact) mass is 402 g/mol. The number of aromatic nitrogens is 3. The molecular formula is C19H28N7O3+. The molecule has 0 spiro atoms. The first-order valence-electron chi connectivity index (χ1n) is 9.83. The van der Waals surface area contributed by atoms with E-state index in [-0.39, 0.29) is 12.0 Å².